The average Bonchev–Trinajstić information content (AvgIpc) is 2.11. The van der Waals surface area contributed by atoms with Gasteiger partial charge in [0.15, 0.2) is 0 Å². The normalized spacial score (nSPS) is 33.7. The predicted octanol–water partition coefficient (Wildman–Crippen LogP) is 2.08. The molecule has 0 saturated carbocycles. The van der Waals surface area contributed by atoms with Gasteiger partial charge >= 0.3 is 0 Å². The van der Waals surface area contributed by atoms with Crippen molar-refractivity contribution in [2.24, 2.45) is 5.92 Å². The van der Waals surface area contributed by atoms with Crippen LogP contribution in [0.3, 0.4) is 0 Å². The zero-order chi connectivity index (χ0) is 9.14. The maximum absolute atomic E-state index is 5.96. The van der Waals surface area contributed by atoms with E-state index in [1.54, 1.807) is 0 Å². The minimum atomic E-state index is 0.434. The summed E-state index contributed by atoms with van der Waals surface area (Å²) in [4.78, 5) is 2.54. The fourth-order valence-electron chi connectivity index (χ4n) is 2.00. The molecule has 12 heavy (non-hydrogen) atoms. The molecule has 1 saturated heterocycles. The summed E-state index contributed by atoms with van der Waals surface area (Å²) in [7, 11) is 5.96. The Morgan fingerprint density at radius 1 is 1.42 bits per heavy atom. The second-order valence-corrected chi connectivity index (χ2v) is 4.48. The van der Waals surface area contributed by atoms with Gasteiger partial charge < -0.3 is 4.90 Å². The number of hydrogen-bond donors (Lipinski definition) is 0. The highest BCUT2D eigenvalue weighted by molar-refractivity contribution is 6.11. The van der Waals surface area contributed by atoms with E-state index < -0.39 is 0 Å². The van der Waals surface area contributed by atoms with E-state index in [9.17, 15) is 0 Å². The van der Waals surface area contributed by atoms with Crippen molar-refractivity contribution in [1.82, 2.24) is 4.90 Å². The van der Waals surface area contributed by atoms with Crippen molar-refractivity contribution in [2.45, 2.75) is 45.5 Å². The van der Waals surface area contributed by atoms with Gasteiger partial charge in [0.25, 0.3) is 0 Å². The van der Waals surface area contributed by atoms with E-state index in [1.165, 1.54) is 25.9 Å². The molecule has 1 heterocycles. The van der Waals surface area contributed by atoms with E-state index in [-0.39, 0.29) is 0 Å². The molecule has 0 aromatic rings. The standard InChI is InChI=1S/C10H20BN/c1-8(2)12-5-4-10(11)6-9(3)7-12/h8-10H,4-7H2,1-3H3. The molecular formula is C10H20BN. The van der Waals surface area contributed by atoms with Crippen LogP contribution >= 0.6 is 0 Å². The van der Waals surface area contributed by atoms with E-state index in [2.05, 4.69) is 25.7 Å². The Hall–Kier alpha value is 0.0249. The van der Waals surface area contributed by atoms with Crippen LogP contribution in [-0.2, 0) is 0 Å². The third-order valence-corrected chi connectivity index (χ3v) is 2.77. The van der Waals surface area contributed by atoms with Gasteiger partial charge in [-0.3, -0.25) is 0 Å². The predicted molar refractivity (Wildman–Crippen MR) is 54.6 cm³/mol. The van der Waals surface area contributed by atoms with Gasteiger partial charge in [0.05, 0.1) is 7.85 Å². The molecular weight excluding hydrogens is 145 g/mol. The zero-order valence-corrected chi connectivity index (χ0v) is 8.59. The third-order valence-electron chi connectivity index (χ3n) is 2.77. The second-order valence-electron chi connectivity index (χ2n) is 4.48. The van der Waals surface area contributed by atoms with Gasteiger partial charge in [0.1, 0.15) is 0 Å². The molecule has 0 aromatic carbocycles. The Bertz CT molecular complexity index is 136. The van der Waals surface area contributed by atoms with Crippen LogP contribution in [0.4, 0.5) is 0 Å². The monoisotopic (exact) mass is 165 g/mol. The molecule has 2 atom stereocenters. The van der Waals surface area contributed by atoms with Crippen LogP contribution in [0.1, 0.15) is 33.6 Å². The summed E-state index contributed by atoms with van der Waals surface area (Å²) in [5.74, 6) is 1.20. The Morgan fingerprint density at radius 3 is 2.67 bits per heavy atom. The van der Waals surface area contributed by atoms with E-state index in [1.807, 2.05) is 0 Å². The zero-order valence-electron chi connectivity index (χ0n) is 8.59. The highest BCUT2D eigenvalue weighted by Crippen LogP contribution is 2.24. The average molecular weight is 165 g/mol. The Balaban J connectivity index is 2.46. The highest BCUT2D eigenvalue weighted by Gasteiger charge is 2.19. The maximum atomic E-state index is 5.96. The lowest BCUT2D eigenvalue weighted by molar-refractivity contribution is 0.208. The molecule has 2 radical (unpaired) electrons. The SMILES string of the molecule is [B]C1CCN(C(C)C)CC(C)C1. The summed E-state index contributed by atoms with van der Waals surface area (Å²) >= 11 is 0. The van der Waals surface area contributed by atoms with Crippen molar-refractivity contribution in [1.29, 1.82) is 0 Å². The summed E-state index contributed by atoms with van der Waals surface area (Å²) in [6.07, 6.45) is 2.37. The highest BCUT2D eigenvalue weighted by atomic mass is 15.1. The minimum Gasteiger partial charge on any atom is -0.301 e. The van der Waals surface area contributed by atoms with Gasteiger partial charge in [-0.05, 0) is 32.7 Å². The van der Waals surface area contributed by atoms with E-state index in [0.717, 1.165) is 5.92 Å². The Labute approximate surface area is 77.9 Å². The number of rotatable bonds is 1. The quantitative estimate of drug-likeness (QED) is 0.537. The van der Waals surface area contributed by atoms with Crippen molar-refractivity contribution < 1.29 is 0 Å². The van der Waals surface area contributed by atoms with Crippen molar-refractivity contribution in [3.63, 3.8) is 0 Å². The molecule has 1 fully saturated rings. The first-order valence-electron chi connectivity index (χ1n) is 5.09. The van der Waals surface area contributed by atoms with Gasteiger partial charge in [-0.25, -0.2) is 0 Å². The van der Waals surface area contributed by atoms with E-state index >= 15 is 0 Å². The lowest BCUT2D eigenvalue weighted by atomic mass is 9.79. The van der Waals surface area contributed by atoms with Crippen molar-refractivity contribution >= 4 is 7.85 Å². The molecule has 0 aromatic heterocycles. The van der Waals surface area contributed by atoms with Crippen LogP contribution in [-0.4, -0.2) is 31.9 Å². The molecule has 1 aliphatic rings. The second kappa shape index (κ2) is 4.31. The molecule has 0 N–H and O–H groups in total. The number of likely N-dealkylation sites (tertiary alicyclic amines) is 1. The van der Waals surface area contributed by atoms with E-state index in [4.69, 9.17) is 7.85 Å². The summed E-state index contributed by atoms with van der Waals surface area (Å²) in [5, 5.41) is 0. The largest absolute Gasteiger partial charge is 0.301 e. The molecule has 0 spiro atoms. The Kier molecular flexibility index (Phi) is 3.63. The van der Waals surface area contributed by atoms with Crippen molar-refractivity contribution in [2.75, 3.05) is 13.1 Å². The first-order chi connectivity index (χ1) is 5.59. The van der Waals surface area contributed by atoms with Gasteiger partial charge in [0.2, 0.25) is 0 Å². The summed E-state index contributed by atoms with van der Waals surface area (Å²) in [6, 6.07) is 0.678. The van der Waals surface area contributed by atoms with Gasteiger partial charge in [-0.15, -0.1) is 0 Å². The first-order valence-corrected chi connectivity index (χ1v) is 5.09. The van der Waals surface area contributed by atoms with E-state index in [0.29, 0.717) is 11.9 Å². The van der Waals surface area contributed by atoms with Crippen molar-refractivity contribution in [3.05, 3.63) is 0 Å². The molecule has 1 aliphatic heterocycles. The summed E-state index contributed by atoms with van der Waals surface area (Å²) in [5.41, 5.74) is 0. The van der Waals surface area contributed by atoms with Crippen LogP contribution in [0, 0.1) is 5.92 Å². The molecule has 0 amide bonds. The summed E-state index contributed by atoms with van der Waals surface area (Å²) < 4.78 is 0. The Morgan fingerprint density at radius 2 is 2.08 bits per heavy atom. The molecule has 0 bridgehead atoms. The topological polar surface area (TPSA) is 3.24 Å². The van der Waals surface area contributed by atoms with Crippen LogP contribution in [0.5, 0.6) is 0 Å². The molecule has 2 heteroatoms. The molecule has 0 aliphatic carbocycles. The number of nitrogens with zero attached hydrogens (tertiary/aromatic N) is 1. The molecule has 2 unspecified atom stereocenters. The van der Waals surface area contributed by atoms with Gasteiger partial charge in [-0.2, -0.15) is 0 Å². The number of hydrogen-bond acceptors (Lipinski definition) is 1. The van der Waals surface area contributed by atoms with Crippen molar-refractivity contribution in [3.8, 4) is 0 Å². The van der Waals surface area contributed by atoms with Crippen LogP contribution < -0.4 is 0 Å². The fourth-order valence-corrected chi connectivity index (χ4v) is 2.00. The maximum Gasteiger partial charge on any atom is 0.0700 e. The van der Waals surface area contributed by atoms with Crippen LogP contribution in [0.2, 0.25) is 5.82 Å². The minimum absolute atomic E-state index is 0.434. The molecule has 1 nitrogen and oxygen atoms in total. The van der Waals surface area contributed by atoms with Crippen LogP contribution in [0.25, 0.3) is 0 Å². The third kappa shape index (κ3) is 2.82. The summed E-state index contributed by atoms with van der Waals surface area (Å²) in [6.45, 7) is 9.25. The molecule has 68 valence electrons. The fraction of sp³-hybridized carbons (Fsp3) is 1.00. The lowest BCUT2D eigenvalue weighted by Crippen LogP contribution is -2.33. The first kappa shape index (κ1) is 10.1. The smallest absolute Gasteiger partial charge is 0.0700 e. The lowest BCUT2D eigenvalue weighted by Gasteiger charge is -2.26. The molecule has 1 rings (SSSR count). The van der Waals surface area contributed by atoms with Crippen LogP contribution in [0.15, 0.2) is 0 Å². The van der Waals surface area contributed by atoms with Gasteiger partial charge in [-0.1, -0.05) is 19.2 Å². The van der Waals surface area contributed by atoms with Gasteiger partial charge in [0, 0.05) is 12.6 Å².